The van der Waals surface area contributed by atoms with Crippen LogP contribution in [-0.2, 0) is 17.0 Å². The van der Waals surface area contributed by atoms with Gasteiger partial charge in [0, 0.05) is 50.7 Å². The average Bonchev–Trinajstić information content (AvgIpc) is 2.78. The van der Waals surface area contributed by atoms with Crippen LogP contribution in [0.1, 0.15) is 11.1 Å². The summed E-state index contributed by atoms with van der Waals surface area (Å²) in [5, 5.41) is 20.4. The summed E-state index contributed by atoms with van der Waals surface area (Å²) in [6, 6.07) is 20.6. The molecule has 0 aromatic heterocycles. The number of nitriles is 1. The number of methoxy groups -OCH3 is 1. The van der Waals surface area contributed by atoms with Crippen LogP contribution < -0.4 is 20.9 Å². The maximum Gasteiger partial charge on any atom is 0.184 e. The van der Waals surface area contributed by atoms with E-state index in [9.17, 15) is 5.26 Å². The van der Waals surface area contributed by atoms with Gasteiger partial charge in [-0.15, -0.1) is 0 Å². The molecule has 2 aliphatic rings. The Hall–Kier alpha value is -2.69. The Morgan fingerprint density at radius 2 is 1.96 bits per heavy atom. The molecule has 2 heterocycles. The highest BCUT2D eigenvalue weighted by Gasteiger charge is 2.43. The van der Waals surface area contributed by atoms with Crippen molar-refractivity contribution in [3.8, 4) is 6.07 Å². The first-order valence-corrected chi connectivity index (χ1v) is 9.57. The van der Waals surface area contributed by atoms with Crippen molar-refractivity contribution in [1.29, 1.82) is 5.26 Å². The summed E-state index contributed by atoms with van der Waals surface area (Å²) in [4.78, 5) is 2.14. The fourth-order valence-corrected chi connectivity index (χ4v) is 3.95. The van der Waals surface area contributed by atoms with Gasteiger partial charge in [0.15, 0.2) is 5.72 Å². The third kappa shape index (κ3) is 3.30. The van der Waals surface area contributed by atoms with Crippen molar-refractivity contribution in [3.63, 3.8) is 0 Å². The topological polar surface area (TPSA) is 72.3 Å². The van der Waals surface area contributed by atoms with Gasteiger partial charge in [0.2, 0.25) is 0 Å². The van der Waals surface area contributed by atoms with E-state index in [1.165, 1.54) is 0 Å². The Kier molecular flexibility index (Phi) is 5.42. The normalized spacial score (nSPS) is 24.2. The number of para-hydroxylation sites is 1. The molecule has 28 heavy (non-hydrogen) atoms. The van der Waals surface area contributed by atoms with E-state index in [1.54, 1.807) is 7.11 Å². The number of fused-ring (bicyclic) bond motifs is 1. The van der Waals surface area contributed by atoms with Crippen molar-refractivity contribution in [2.45, 2.75) is 18.4 Å². The van der Waals surface area contributed by atoms with Crippen LogP contribution in [0.5, 0.6) is 0 Å². The van der Waals surface area contributed by atoms with E-state index in [1.807, 2.05) is 42.6 Å². The molecule has 6 nitrogen and oxygen atoms in total. The molecule has 1 saturated heterocycles. The number of nitrogens with one attached hydrogen (secondary N) is 3. The van der Waals surface area contributed by atoms with Gasteiger partial charge < -0.3 is 15.0 Å². The second kappa shape index (κ2) is 8.13. The first kappa shape index (κ1) is 18.7. The Morgan fingerprint density at radius 1 is 1.18 bits per heavy atom. The van der Waals surface area contributed by atoms with Gasteiger partial charge >= 0.3 is 0 Å². The van der Waals surface area contributed by atoms with E-state index in [0.29, 0.717) is 12.1 Å². The van der Waals surface area contributed by atoms with Crippen molar-refractivity contribution in [2.24, 2.45) is 0 Å². The number of hydrogen-bond acceptors (Lipinski definition) is 6. The number of rotatable bonds is 5. The van der Waals surface area contributed by atoms with Crippen LogP contribution in [0.3, 0.4) is 0 Å². The summed E-state index contributed by atoms with van der Waals surface area (Å²) >= 11 is 0. The van der Waals surface area contributed by atoms with E-state index in [-0.39, 0.29) is 6.17 Å². The molecule has 0 saturated carbocycles. The van der Waals surface area contributed by atoms with Crippen LogP contribution in [0.25, 0.3) is 0 Å². The lowest BCUT2D eigenvalue weighted by atomic mass is 9.89. The Morgan fingerprint density at radius 3 is 2.68 bits per heavy atom. The molecule has 2 aliphatic heterocycles. The Labute approximate surface area is 165 Å². The fourth-order valence-electron chi connectivity index (χ4n) is 3.95. The highest BCUT2D eigenvalue weighted by molar-refractivity contribution is 5.66. The molecular formula is C22H25N5O. The van der Waals surface area contributed by atoms with E-state index >= 15 is 0 Å². The van der Waals surface area contributed by atoms with Crippen molar-refractivity contribution in [3.05, 3.63) is 77.5 Å². The summed E-state index contributed by atoms with van der Waals surface area (Å²) in [7, 11) is 1.65. The van der Waals surface area contributed by atoms with Gasteiger partial charge in [0.05, 0.1) is 11.7 Å². The molecular weight excluding hydrogens is 350 g/mol. The van der Waals surface area contributed by atoms with Crippen LogP contribution in [0.4, 0.5) is 5.69 Å². The second-order valence-electron chi connectivity index (χ2n) is 6.98. The summed E-state index contributed by atoms with van der Waals surface area (Å²) in [5.41, 5.74) is 2.66. The minimum absolute atomic E-state index is 0.0854. The van der Waals surface area contributed by atoms with E-state index in [2.05, 4.69) is 45.1 Å². The SMILES string of the molecule is COC1(NCc2ccccc2)C(C#N)=CN(C2CNCCN2)c2ccccc21. The minimum atomic E-state index is -0.986. The largest absolute Gasteiger partial charge is 0.354 e. The third-order valence-corrected chi connectivity index (χ3v) is 5.38. The zero-order valence-corrected chi connectivity index (χ0v) is 16.0. The van der Waals surface area contributed by atoms with Gasteiger partial charge in [-0.2, -0.15) is 5.26 Å². The first-order chi connectivity index (χ1) is 13.8. The zero-order chi connectivity index (χ0) is 19.4. The predicted molar refractivity (Wildman–Crippen MR) is 109 cm³/mol. The van der Waals surface area contributed by atoms with Crippen LogP contribution in [0.2, 0.25) is 0 Å². The summed E-state index contributed by atoms with van der Waals surface area (Å²) < 4.78 is 6.00. The maximum atomic E-state index is 10.00. The summed E-state index contributed by atoms with van der Waals surface area (Å²) in [5.74, 6) is 0. The zero-order valence-electron chi connectivity index (χ0n) is 16.0. The van der Waals surface area contributed by atoms with Crippen LogP contribution in [0.15, 0.2) is 66.4 Å². The highest BCUT2D eigenvalue weighted by atomic mass is 16.5. The minimum Gasteiger partial charge on any atom is -0.354 e. The number of benzene rings is 2. The van der Waals surface area contributed by atoms with Gasteiger partial charge in [-0.3, -0.25) is 10.6 Å². The first-order valence-electron chi connectivity index (χ1n) is 9.57. The molecule has 3 N–H and O–H groups in total. The van der Waals surface area contributed by atoms with E-state index < -0.39 is 5.72 Å². The molecule has 2 unspecified atom stereocenters. The van der Waals surface area contributed by atoms with Gasteiger partial charge in [-0.25, -0.2) is 0 Å². The van der Waals surface area contributed by atoms with Crippen molar-refractivity contribution >= 4 is 5.69 Å². The van der Waals surface area contributed by atoms with Gasteiger partial charge in [0.25, 0.3) is 0 Å². The maximum absolute atomic E-state index is 10.00. The molecule has 0 bridgehead atoms. The summed E-state index contributed by atoms with van der Waals surface area (Å²) in [6.07, 6.45) is 2.00. The molecule has 0 amide bonds. The lowest BCUT2D eigenvalue weighted by Crippen LogP contribution is -2.58. The van der Waals surface area contributed by atoms with Gasteiger partial charge in [-0.1, -0.05) is 48.5 Å². The fraction of sp³-hybridized carbons (Fsp3) is 0.318. The third-order valence-electron chi connectivity index (χ3n) is 5.38. The van der Waals surface area contributed by atoms with Crippen LogP contribution >= 0.6 is 0 Å². The van der Waals surface area contributed by atoms with Gasteiger partial charge in [-0.05, 0) is 11.6 Å². The van der Waals surface area contributed by atoms with Crippen molar-refractivity contribution < 1.29 is 4.74 Å². The van der Waals surface area contributed by atoms with Crippen LogP contribution in [-0.4, -0.2) is 32.9 Å². The Bertz CT molecular complexity index is 885. The molecule has 0 spiro atoms. The standard InChI is InChI=1S/C22H25N5O/c1-28-22(26-14-17-7-3-2-4-8-17)18(13-23)16-27(21-15-24-11-12-25-21)20-10-6-5-9-19(20)22/h2-10,16,21,24-26H,11-12,14-15H2,1H3. The molecule has 2 aromatic carbocycles. The van der Waals surface area contributed by atoms with E-state index in [4.69, 9.17) is 4.74 Å². The molecule has 6 heteroatoms. The molecule has 1 fully saturated rings. The quantitative estimate of drug-likeness (QED) is 0.695. The molecule has 4 rings (SSSR count). The van der Waals surface area contributed by atoms with Crippen LogP contribution in [0, 0.1) is 11.3 Å². The van der Waals surface area contributed by atoms with E-state index in [0.717, 1.165) is 36.4 Å². The molecule has 2 aromatic rings. The average molecular weight is 375 g/mol. The Balaban J connectivity index is 1.74. The van der Waals surface area contributed by atoms with Crippen molar-refractivity contribution in [2.75, 3.05) is 31.6 Å². The van der Waals surface area contributed by atoms with Gasteiger partial charge in [0.1, 0.15) is 6.07 Å². The number of nitrogens with zero attached hydrogens (tertiary/aromatic N) is 2. The summed E-state index contributed by atoms with van der Waals surface area (Å²) in [6.45, 7) is 3.23. The lowest BCUT2D eigenvalue weighted by molar-refractivity contribution is -0.0115. The van der Waals surface area contributed by atoms with Crippen molar-refractivity contribution in [1.82, 2.24) is 16.0 Å². The number of anilines is 1. The smallest absolute Gasteiger partial charge is 0.184 e. The molecule has 144 valence electrons. The highest BCUT2D eigenvalue weighted by Crippen LogP contribution is 2.42. The second-order valence-corrected chi connectivity index (χ2v) is 6.98. The molecule has 0 radical (unpaired) electrons. The number of hydrogen-bond donors (Lipinski definition) is 3. The predicted octanol–water partition coefficient (Wildman–Crippen LogP) is 2.02. The lowest BCUT2D eigenvalue weighted by Gasteiger charge is -2.44. The molecule has 2 atom stereocenters. The molecule has 0 aliphatic carbocycles. The number of ether oxygens (including phenoxy) is 1. The monoisotopic (exact) mass is 375 g/mol. The number of piperazine rings is 1.